The summed E-state index contributed by atoms with van der Waals surface area (Å²) in [6.45, 7) is 1.79. The number of rotatable bonds is 9. The standard InChI is InChI=1S/C17H20BrN3O3S/c1-2-3-8-17(15(19)23,10-21(24)11-22)16-20-14(9-25-16)12-4-6-13(18)7-5-12/h4-7,9,11,24H,2-3,8,10H2,1H3,(H2,19,23). The van der Waals surface area contributed by atoms with Crippen LogP contribution in [0.5, 0.6) is 0 Å². The Morgan fingerprint density at radius 2 is 2.12 bits per heavy atom. The van der Waals surface area contributed by atoms with Gasteiger partial charge in [-0.15, -0.1) is 11.3 Å². The highest BCUT2D eigenvalue weighted by molar-refractivity contribution is 9.10. The molecule has 25 heavy (non-hydrogen) atoms. The number of carbonyl (C=O) groups is 2. The lowest BCUT2D eigenvalue weighted by molar-refractivity contribution is -0.156. The van der Waals surface area contributed by atoms with Crippen molar-refractivity contribution >= 4 is 39.6 Å². The zero-order chi connectivity index (χ0) is 18.4. The first-order valence-electron chi connectivity index (χ1n) is 7.85. The molecule has 1 aromatic heterocycles. The average Bonchev–Trinajstić information content (AvgIpc) is 3.09. The fourth-order valence-corrected chi connectivity index (χ4v) is 3.92. The minimum absolute atomic E-state index is 0.209. The number of amides is 2. The SMILES string of the molecule is CCCCC(CN(O)C=O)(C(N)=O)c1nc(-c2ccc(Br)cc2)cs1. The minimum atomic E-state index is -1.20. The van der Waals surface area contributed by atoms with Crippen molar-refractivity contribution in [2.45, 2.75) is 31.6 Å². The lowest BCUT2D eigenvalue weighted by Gasteiger charge is -2.30. The number of hydrogen-bond donors (Lipinski definition) is 2. The maximum atomic E-state index is 12.3. The Bertz CT molecular complexity index is 735. The Labute approximate surface area is 158 Å². The number of aromatic nitrogens is 1. The molecule has 2 rings (SSSR count). The van der Waals surface area contributed by atoms with E-state index in [1.54, 1.807) is 0 Å². The van der Waals surface area contributed by atoms with E-state index in [1.807, 2.05) is 36.6 Å². The molecule has 8 heteroatoms. The van der Waals surface area contributed by atoms with Crippen LogP contribution in [0.4, 0.5) is 0 Å². The van der Waals surface area contributed by atoms with Crippen LogP contribution in [0.25, 0.3) is 11.3 Å². The van der Waals surface area contributed by atoms with E-state index < -0.39 is 11.3 Å². The van der Waals surface area contributed by atoms with Crippen LogP contribution in [0.2, 0.25) is 0 Å². The third-order valence-corrected chi connectivity index (χ3v) is 5.61. The second kappa shape index (κ2) is 8.55. The summed E-state index contributed by atoms with van der Waals surface area (Å²) >= 11 is 4.70. The van der Waals surface area contributed by atoms with Crippen molar-refractivity contribution in [3.8, 4) is 11.3 Å². The number of halogens is 1. The number of hydrogen-bond acceptors (Lipinski definition) is 5. The van der Waals surface area contributed by atoms with Crippen molar-refractivity contribution in [2.75, 3.05) is 6.54 Å². The predicted octanol–water partition coefficient (Wildman–Crippen LogP) is 3.33. The van der Waals surface area contributed by atoms with E-state index in [-0.39, 0.29) is 13.0 Å². The van der Waals surface area contributed by atoms with Crippen molar-refractivity contribution in [2.24, 2.45) is 5.73 Å². The predicted molar refractivity (Wildman–Crippen MR) is 100 cm³/mol. The summed E-state index contributed by atoms with van der Waals surface area (Å²) in [5, 5.41) is 12.5. The maximum absolute atomic E-state index is 12.3. The molecule has 0 spiro atoms. The van der Waals surface area contributed by atoms with Crippen LogP contribution < -0.4 is 5.73 Å². The largest absolute Gasteiger partial charge is 0.369 e. The highest BCUT2D eigenvalue weighted by Gasteiger charge is 2.42. The molecule has 0 aliphatic carbocycles. The van der Waals surface area contributed by atoms with Gasteiger partial charge >= 0.3 is 0 Å². The van der Waals surface area contributed by atoms with Gasteiger partial charge in [0, 0.05) is 15.4 Å². The number of primary amides is 1. The number of benzene rings is 1. The number of nitrogens with zero attached hydrogens (tertiary/aromatic N) is 2. The molecule has 3 N–H and O–H groups in total. The van der Waals surface area contributed by atoms with Gasteiger partial charge in [-0.05, 0) is 18.6 Å². The minimum Gasteiger partial charge on any atom is -0.369 e. The Morgan fingerprint density at radius 1 is 1.44 bits per heavy atom. The van der Waals surface area contributed by atoms with Crippen LogP contribution in [0.15, 0.2) is 34.1 Å². The van der Waals surface area contributed by atoms with Gasteiger partial charge in [0.15, 0.2) is 0 Å². The molecular weight excluding hydrogens is 406 g/mol. The Morgan fingerprint density at radius 3 is 2.68 bits per heavy atom. The summed E-state index contributed by atoms with van der Waals surface area (Å²) in [6.07, 6.45) is 2.26. The van der Waals surface area contributed by atoms with Crippen LogP contribution in [0.3, 0.4) is 0 Å². The number of carbonyl (C=O) groups excluding carboxylic acids is 2. The summed E-state index contributed by atoms with van der Waals surface area (Å²) in [7, 11) is 0. The zero-order valence-corrected chi connectivity index (χ0v) is 16.2. The van der Waals surface area contributed by atoms with Crippen molar-refractivity contribution in [1.82, 2.24) is 10.0 Å². The Kier molecular flexibility index (Phi) is 6.69. The van der Waals surface area contributed by atoms with Gasteiger partial charge in [-0.3, -0.25) is 14.8 Å². The first-order chi connectivity index (χ1) is 11.9. The van der Waals surface area contributed by atoms with Gasteiger partial charge < -0.3 is 5.73 Å². The van der Waals surface area contributed by atoms with Crippen molar-refractivity contribution in [3.05, 3.63) is 39.1 Å². The van der Waals surface area contributed by atoms with Crippen molar-refractivity contribution in [3.63, 3.8) is 0 Å². The van der Waals surface area contributed by atoms with E-state index in [2.05, 4.69) is 20.9 Å². The molecule has 2 amide bonds. The molecule has 0 bridgehead atoms. The van der Waals surface area contributed by atoms with E-state index >= 15 is 0 Å². The van der Waals surface area contributed by atoms with E-state index in [1.165, 1.54) is 11.3 Å². The topological polar surface area (TPSA) is 96.5 Å². The third-order valence-electron chi connectivity index (χ3n) is 4.04. The monoisotopic (exact) mass is 425 g/mol. The van der Waals surface area contributed by atoms with E-state index in [4.69, 9.17) is 5.73 Å². The smallest absolute Gasteiger partial charge is 0.233 e. The molecule has 1 unspecified atom stereocenters. The van der Waals surface area contributed by atoms with Crippen LogP contribution in [0.1, 0.15) is 31.2 Å². The number of unbranched alkanes of at least 4 members (excludes halogenated alkanes) is 1. The molecule has 1 atom stereocenters. The summed E-state index contributed by atoms with van der Waals surface area (Å²) in [6, 6.07) is 7.67. The van der Waals surface area contributed by atoms with E-state index in [0.29, 0.717) is 16.5 Å². The fourth-order valence-electron chi connectivity index (χ4n) is 2.60. The Balaban J connectivity index is 2.44. The second-order valence-corrected chi connectivity index (χ2v) is 7.57. The molecule has 134 valence electrons. The molecule has 2 aromatic rings. The van der Waals surface area contributed by atoms with Crippen LogP contribution in [-0.2, 0) is 15.0 Å². The molecule has 0 fully saturated rings. The molecule has 6 nitrogen and oxygen atoms in total. The van der Waals surface area contributed by atoms with Gasteiger partial charge in [-0.1, -0.05) is 47.8 Å². The molecule has 0 aliphatic rings. The molecule has 0 saturated heterocycles. The molecule has 0 aliphatic heterocycles. The highest BCUT2D eigenvalue weighted by atomic mass is 79.9. The van der Waals surface area contributed by atoms with Gasteiger partial charge in [0.05, 0.1) is 12.2 Å². The summed E-state index contributed by atoms with van der Waals surface area (Å²) in [5.41, 5.74) is 6.12. The molecular formula is C17H20BrN3O3S. The van der Waals surface area contributed by atoms with Crippen molar-refractivity contribution < 1.29 is 14.8 Å². The molecule has 1 aromatic carbocycles. The first-order valence-corrected chi connectivity index (χ1v) is 9.53. The zero-order valence-electron chi connectivity index (χ0n) is 13.8. The molecule has 1 heterocycles. The molecule has 0 radical (unpaired) electrons. The average molecular weight is 426 g/mol. The lowest BCUT2D eigenvalue weighted by atomic mass is 9.82. The highest BCUT2D eigenvalue weighted by Crippen LogP contribution is 2.35. The van der Waals surface area contributed by atoms with Gasteiger partial charge in [-0.2, -0.15) is 0 Å². The summed E-state index contributed by atoms with van der Waals surface area (Å²) < 4.78 is 0.961. The summed E-state index contributed by atoms with van der Waals surface area (Å²) in [4.78, 5) is 27.8. The van der Waals surface area contributed by atoms with Gasteiger partial charge in [0.25, 0.3) is 0 Å². The Hall–Kier alpha value is -1.77. The fraction of sp³-hybridized carbons (Fsp3) is 0.353. The van der Waals surface area contributed by atoms with E-state index in [0.717, 1.165) is 28.6 Å². The van der Waals surface area contributed by atoms with Gasteiger partial charge in [0.1, 0.15) is 10.4 Å². The van der Waals surface area contributed by atoms with Crippen LogP contribution in [0, 0.1) is 0 Å². The maximum Gasteiger partial charge on any atom is 0.233 e. The first kappa shape index (κ1) is 19.6. The second-order valence-electron chi connectivity index (χ2n) is 5.80. The normalized spacial score (nSPS) is 13.2. The van der Waals surface area contributed by atoms with Crippen molar-refractivity contribution in [1.29, 1.82) is 0 Å². The van der Waals surface area contributed by atoms with Crippen LogP contribution in [-0.4, -0.2) is 34.1 Å². The van der Waals surface area contributed by atoms with Gasteiger partial charge in [0.2, 0.25) is 12.3 Å². The number of nitrogens with two attached hydrogens (primary N) is 1. The lowest BCUT2D eigenvalue weighted by Crippen LogP contribution is -2.49. The van der Waals surface area contributed by atoms with E-state index in [9.17, 15) is 14.8 Å². The summed E-state index contributed by atoms with van der Waals surface area (Å²) in [5.74, 6) is -0.599. The quantitative estimate of drug-likeness (QED) is 0.365. The van der Waals surface area contributed by atoms with Gasteiger partial charge in [-0.25, -0.2) is 10.0 Å². The number of hydroxylamine groups is 2. The number of thiazole rings is 1. The third kappa shape index (κ3) is 4.45. The van der Waals surface area contributed by atoms with Crippen LogP contribution >= 0.6 is 27.3 Å². The molecule has 0 saturated carbocycles.